The zero-order chi connectivity index (χ0) is 16.8. The molecule has 1 atom stereocenters. The van der Waals surface area contributed by atoms with Gasteiger partial charge in [-0.2, -0.15) is 5.26 Å². The first kappa shape index (κ1) is 16.0. The van der Waals surface area contributed by atoms with Crippen LogP contribution in [-0.4, -0.2) is 6.54 Å². The minimum Gasteiger partial charge on any atom is -0.307 e. The second-order valence-corrected chi connectivity index (χ2v) is 5.83. The summed E-state index contributed by atoms with van der Waals surface area (Å²) in [7, 11) is 0. The molecule has 0 spiro atoms. The summed E-state index contributed by atoms with van der Waals surface area (Å²) < 4.78 is 0. The molecule has 0 unspecified atom stereocenters. The molecule has 3 aromatic rings. The number of nitriles is 1. The average Bonchev–Trinajstić information content (AvgIpc) is 2.65. The predicted octanol–water partition coefficient (Wildman–Crippen LogP) is 5.08. The van der Waals surface area contributed by atoms with Crippen LogP contribution in [0.3, 0.4) is 0 Å². The summed E-state index contributed by atoms with van der Waals surface area (Å²) in [6.07, 6.45) is 4.19. The van der Waals surface area contributed by atoms with Crippen molar-refractivity contribution in [2.24, 2.45) is 0 Å². The van der Waals surface area contributed by atoms with Crippen molar-refractivity contribution < 1.29 is 0 Å². The van der Waals surface area contributed by atoms with Gasteiger partial charge in [0.05, 0.1) is 11.6 Å². The first-order chi connectivity index (χ1) is 11.8. The molecular weight excluding hydrogens is 292 g/mol. The van der Waals surface area contributed by atoms with Crippen LogP contribution in [0.15, 0.2) is 72.8 Å². The van der Waals surface area contributed by atoms with E-state index in [9.17, 15) is 0 Å². The van der Waals surface area contributed by atoms with Gasteiger partial charge in [0, 0.05) is 12.6 Å². The third kappa shape index (κ3) is 3.71. The van der Waals surface area contributed by atoms with E-state index in [4.69, 9.17) is 5.26 Å². The predicted molar refractivity (Wildman–Crippen MR) is 101 cm³/mol. The molecule has 0 saturated carbocycles. The van der Waals surface area contributed by atoms with Crippen molar-refractivity contribution in [1.82, 2.24) is 5.32 Å². The first-order valence-corrected chi connectivity index (χ1v) is 8.15. The van der Waals surface area contributed by atoms with Crippen molar-refractivity contribution in [3.63, 3.8) is 0 Å². The highest BCUT2D eigenvalue weighted by atomic mass is 14.9. The maximum Gasteiger partial charge on any atom is 0.0991 e. The molecule has 3 rings (SSSR count). The van der Waals surface area contributed by atoms with E-state index in [1.807, 2.05) is 24.3 Å². The summed E-state index contributed by atoms with van der Waals surface area (Å²) in [4.78, 5) is 0. The van der Waals surface area contributed by atoms with Gasteiger partial charge in [0.15, 0.2) is 0 Å². The fraction of sp³-hybridized carbons (Fsp3) is 0.136. The lowest BCUT2D eigenvalue weighted by molar-refractivity contribution is 0.622. The van der Waals surface area contributed by atoms with Crippen LogP contribution in [0.2, 0.25) is 0 Å². The van der Waals surface area contributed by atoms with Gasteiger partial charge in [-0.1, -0.05) is 66.7 Å². The number of fused-ring (bicyclic) bond motifs is 1. The number of nitrogens with zero attached hydrogens (tertiary/aromatic N) is 1. The van der Waals surface area contributed by atoms with E-state index in [2.05, 4.69) is 72.9 Å². The van der Waals surface area contributed by atoms with Crippen molar-refractivity contribution in [3.8, 4) is 6.07 Å². The lowest BCUT2D eigenvalue weighted by atomic mass is 10.00. The maximum atomic E-state index is 8.81. The van der Waals surface area contributed by atoms with Crippen LogP contribution in [-0.2, 0) is 0 Å². The molecule has 0 amide bonds. The Labute approximate surface area is 143 Å². The molecule has 0 heterocycles. The van der Waals surface area contributed by atoms with Crippen LogP contribution >= 0.6 is 0 Å². The Bertz CT molecular complexity index is 880. The summed E-state index contributed by atoms with van der Waals surface area (Å²) in [5, 5.41) is 14.9. The third-order valence-corrected chi connectivity index (χ3v) is 4.18. The second kappa shape index (κ2) is 7.59. The highest BCUT2D eigenvalue weighted by Crippen LogP contribution is 2.23. The largest absolute Gasteiger partial charge is 0.307 e. The highest BCUT2D eigenvalue weighted by Gasteiger charge is 2.07. The Morgan fingerprint density at radius 1 is 1.00 bits per heavy atom. The van der Waals surface area contributed by atoms with Crippen LogP contribution in [0.5, 0.6) is 0 Å². The van der Waals surface area contributed by atoms with Crippen molar-refractivity contribution >= 4 is 16.8 Å². The van der Waals surface area contributed by atoms with E-state index < -0.39 is 0 Å². The van der Waals surface area contributed by atoms with Gasteiger partial charge in [-0.25, -0.2) is 0 Å². The minimum atomic E-state index is 0.279. The molecule has 0 radical (unpaired) electrons. The Balaban J connectivity index is 1.63. The Morgan fingerprint density at radius 3 is 2.54 bits per heavy atom. The summed E-state index contributed by atoms with van der Waals surface area (Å²) in [5.74, 6) is 0. The molecule has 118 valence electrons. The van der Waals surface area contributed by atoms with E-state index in [0.29, 0.717) is 5.56 Å². The molecule has 0 fully saturated rings. The highest BCUT2D eigenvalue weighted by molar-refractivity contribution is 5.86. The van der Waals surface area contributed by atoms with Gasteiger partial charge in [-0.15, -0.1) is 0 Å². The first-order valence-electron chi connectivity index (χ1n) is 8.15. The van der Waals surface area contributed by atoms with Gasteiger partial charge in [0.2, 0.25) is 0 Å². The van der Waals surface area contributed by atoms with E-state index >= 15 is 0 Å². The van der Waals surface area contributed by atoms with E-state index in [1.54, 1.807) is 0 Å². The van der Waals surface area contributed by atoms with Crippen molar-refractivity contribution in [2.45, 2.75) is 13.0 Å². The van der Waals surface area contributed by atoms with Gasteiger partial charge in [-0.3, -0.25) is 0 Å². The number of nitrogens with one attached hydrogen (secondary N) is 1. The maximum absolute atomic E-state index is 8.81. The molecule has 2 heteroatoms. The Kier molecular flexibility index (Phi) is 5.05. The van der Waals surface area contributed by atoms with Gasteiger partial charge in [0.25, 0.3) is 0 Å². The standard InChI is InChI=1S/C22H20N2/c1-17(21-10-4-8-20-7-2-3-9-22(20)21)24-15-5-6-18-11-13-19(16-23)14-12-18/h2-14,17,24H,15H2,1H3/b6-5+/t17-/m1/s1. The zero-order valence-corrected chi connectivity index (χ0v) is 13.7. The van der Waals surface area contributed by atoms with Crippen molar-refractivity contribution in [2.75, 3.05) is 6.54 Å². The molecule has 0 aliphatic heterocycles. The third-order valence-electron chi connectivity index (χ3n) is 4.18. The molecule has 0 aliphatic rings. The summed E-state index contributed by atoms with van der Waals surface area (Å²) in [6.45, 7) is 2.99. The van der Waals surface area contributed by atoms with Crippen LogP contribution < -0.4 is 5.32 Å². The molecule has 0 saturated heterocycles. The van der Waals surface area contributed by atoms with E-state index in [-0.39, 0.29) is 6.04 Å². The topological polar surface area (TPSA) is 35.8 Å². The van der Waals surface area contributed by atoms with E-state index in [1.165, 1.54) is 16.3 Å². The Morgan fingerprint density at radius 2 is 1.75 bits per heavy atom. The fourth-order valence-corrected chi connectivity index (χ4v) is 2.85. The lowest BCUT2D eigenvalue weighted by Crippen LogP contribution is -2.18. The summed E-state index contributed by atoms with van der Waals surface area (Å²) >= 11 is 0. The Hall–Kier alpha value is -2.89. The normalized spacial score (nSPS) is 12.3. The smallest absolute Gasteiger partial charge is 0.0991 e. The molecule has 2 nitrogen and oxygen atoms in total. The number of benzene rings is 3. The minimum absolute atomic E-state index is 0.279. The molecule has 1 N–H and O–H groups in total. The zero-order valence-electron chi connectivity index (χ0n) is 13.7. The average molecular weight is 312 g/mol. The van der Waals surface area contributed by atoms with Crippen molar-refractivity contribution in [1.29, 1.82) is 5.26 Å². The van der Waals surface area contributed by atoms with Gasteiger partial charge < -0.3 is 5.32 Å². The monoisotopic (exact) mass is 312 g/mol. The van der Waals surface area contributed by atoms with Gasteiger partial charge in [-0.05, 0) is 41.0 Å². The number of rotatable bonds is 5. The molecule has 24 heavy (non-hydrogen) atoms. The fourth-order valence-electron chi connectivity index (χ4n) is 2.85. The molecular formula is C22H20N2. The summed E-state index contributed by atoms with van der Waals surface area (Å²) in [5.41, 5.74) is 3.11. The second-order valence-electron chi connectivity index (χ2n) is 5.83. The molecule has 0 aromatic heterocycles. The number of hydrogen-bond acceptors (Lipinski definition) is 2. The molecule has 3 aromatic carbocycles. The number of hydrogen-bond donors (Lipinski definition) is 1. The molecule has 0 aliphatic carbocycles. The van der Waals surface area contributed by atoms with Crippen LogP contribution in [0.25, 0.3) is 16.8 Å². The van der Waals surface area contributed by atoms with Crippen LogP contribution in [0.4, 0.5) is 0 Å². The quantitative estimate of drug-likeness (QED) is 0.713. The SMILES string of the molecule is C[C@@H](NC/C=C/c1ccc(C#N)cc1)c1cccc2ccccc12. The molecule has 0 bridgehead atoms. The van der Waals surface area contributed by atoms with Crippen LogP contribution in [0.1, 0.15) is 29.7 Å². The summed E-state index contributed by atoms with van der Waals surface area (Å²) in [6, 6.07) is 24.9. The van der Waals surface area contributed by atoms with Crippen LogP contribution in [0, 0.1) is 11.3 Å². The van der Waals surface area contributed by atoms with E-state index in [0.717, 1.165) is 12.1 Å². The van der Waals surface area contributed by atoms with Crippen molar-refractivity contribution in [3.05, 3.63) is 89.5 Å². The van der Waals surface area contributed by atoms with Gasteiger partial charge >= 0.3 is 0 Å². The lowest BCUT2D eigenvalue weighted by Gasteiger charge is -2.15. The van der Waals surface area contributed by atoms with Gasteiger partial charge in [0.1, 0.15) is 0 Å².